The topological polar surface area (TPSA) is 111 Å². The number of likely N-dealkylation sites (tertiary alicyclic amines) is 1. The summed E-state index contributed by atoms with van der Waals surface area (Å²) >= 11 is 0. The third kappa shape index (κ3) is 5.30. The van der Waals surface area contributed by atoms with Gasteiger partial charge in [-0.25, -0.2) is 4.79 Å². The summed E-state index contributed by atoms with van der Waals surface area (Å²) in [6.45, 7) is 6.47. The average Bonchev–Trinajstić information content (AvgIpc) is 2.94. The zero-order valence-electron chi connectivity index (χ0n) is 18.2. The maximum atomic E-state index is 12.9. The van der Waals surface area contributed by atoms with Gasteiger partial charge in [0.05, 0.1) is 6.54 Å². The Labute approximate surface area is 178 Å². The molecule has 9 nitrogen and oxygen atoms in total. The number of hydrogen-bond donors (Lipinski definition) is 3. The summed E-state index contributed by atoms with van der Waals surface area (Å²) in [6.07, 6.45) is 5.49. The maximum absolute atomic E-state index is 12.9. The van der Waals surface area contributed by atoms with Crippen molar-refractivity contribution in [1.29, 1.82) is 0 Å². The molecule has 3 fully saturated rings. The van der Waals surface area contributed by atoms with Gasteiger partial charge in [-0.3, -0.25) is 24.2 Å². The van der Waals surface area contributed by atoms with Crippen LogP contribution in [0.3, 0.4) is 0 Å². The lowest BCUT2D eigenvalue weighted by molar-refractivity contribution is -0.136. The van der Waals surface area contributed by atoms with E-state index in [1.165, 1.54) is 0 Å². The van der Waals surface area contributed by atoms with Crippen molar-refractivity contribution in [3.63, 3.8) is 0 Å². The van der Waals surface area contributed by atoms with Crippen molar-refractivity contribution in [3.05, 3.63) is 0 Å². The number of amides is 5. The van der Waals surface area contributed by atoms with E-state index in [1.807, 2.05) is 6.92 Å². The number of imide groups is 1. The monoisotopic (exact) mass is 421 g/mol. The number of piperidine rings is 1. The Hall–Kier alpha value is -2.16. The van der Waals surface area contributed by atoms with Gasteiger partial charge in [0.25, 0.3) is 5.91 Å². The van der Waals surface area contributed by atoms with E-state index in [9.17, 15) is 19.2 Å². The lowest BCUT2D eigenvalue weighted by atomic mass is 9.77. The molecule has 2 aliphatic heterocycles. The largest absolute Gasteiger partial charge is 0.355 e. The highest BCUT2D eigenvalue weighted by atomic mass is 16.2. The summed E-state index contributed by atoms with van der Waals surface area (Å²) in [5.74, 6) is 0.0199. The molecule has 3 rings (SSSR count). The first-order valence-electron chi connectivity index (χ1n) is 11.3. The maximum Gasteiger partial charge on any atom is 0.325 e. The average molecular weight is 422 g/mol. The van der Waals surface area contributed by atoms with E-state index in [1.54, 1.807) is 0 Å². The molecule has 0 aromatic carbocycles. The summed E-state index contributed by atoms with van der Waals surface area (Å²) in [7, 11) is 0. The summed E-state index contributed by atoms with van der Waals surface area (Å²) in [5.41, 5.74) is -0.812. The van der Waals surface area contributed by atoms with Crippen LogP contribution in [0, 0.1) is 5.92 Å². The molecular formula is C21H35N5O4. The smallest absolute Gasteiger partial charge is 0.325 e. The first kappa shape index (κ1) is 22.5. The minimum atomic E-state index is -0.812. The SMILES string of the molecule is CCCNC(=O)CN1CCC(NC(=O)CN2C(=O)NC3(CCC(C)CC3)C2=O)CC1. The number of nitrogens with one attached hydrogen (secondary N) is 3. The van der Waals surface area contributed by atoms with Gasteiger partial charge in [0.2, 0.25) is 11.8 Å². The van der Waals surface area contributed by atoms with Gasteiger partial charge in [-0.05, 0) is 50.9 Å². The molecule has 9 heteroatoms. The quantitative estimate of drug-likeness (QED) is 0.521. The fourth-order valence-electron chi connectivity index (χ4n) is 4.59. The van der Waals surface area contributed by atoms with Crippen molar-refractivity contribution in [1.82, 2.24) is 25.8 Å². The van der Waals surface area contributed by atoms with Crippen molar-refractivity contribution in [2.45, 2.75) is 70.4 Å². The number of carbonyl (C=O) groups is 4. The highest BCUT2D eigenvalue weighted by molar-refractivity contribution is 6.09. The van der Waals surface area contributed by atoms with E-state index >= 15 is 0 Å². The zero-order chi connectivity index (χ0) is 21.7. The van der Waals surface area contributed by atoms with Crippen molar-refractivity contribution in [2.75, 3.05) is 32.7 Å². The van der Waals surface area contributed by atoms with Gasteiger partial charge in [-0.15, -0.1) is 0 Å². The molecule has 0 unspecified atom stereocenters. The number of rotatable bonds is 7. The second-order valence-electron chi connectivity index (χ2n) is 9.05. The van der Waals surface area contributed by atoms with Gasteiger partial charge in [-0.2, -0.15) is 0 Å². The summed E-state index contributed by atoms with van der Waals surface area (Å²) in [4.78, 5) is 52.7. The molecule has 0 radical (unpaired) electrons. The molecule has 3 aliphatic rings. The molecule has 1 aliphatic carbocycles. The third-order valence-electron chi connectivity index (χ3n) is 6.57. The first-order chi connectivity index (χ1) is 14.3. The Morgan fingerprint density at radius 3 is 2.37 bits per heavy atom. The van der Waals surface area contributed by atoms with E-state index in [-0.39, 0.29) is 30.3 Å². The van der Waals surface area contributed by atoms with Crippen LogP contribution in [0.15, 0.2) is 0 Å². The molecule has 0 aromatic rings. The Kier molecular flexibility index (Phi) is 7.33. The zero-order valence-corrected chi connectivity index (χ0v) is 18.2. The Bertz CT molecular complexity index is 666. The fraction of sp³-hybridized carbons (Fsp3) is 0.810. The van der Waals surface area contributed by atoms with Crippen LogP contribution in [-0.2, 0) is 14.4 Å². The van der Waals surface area contributed by atoms with Gasteiger partial charge in [0.15, 0.2) is 0 Å². The minimum absolute atomic E-state index is 0.00212. The molecule has 168 valence electrons. The Morgan fingerprint density at radius 1 is 1.07 bits per heavy atom. The van der Waals surface area contributed by atoms with Crippen molar-refractivity contribution < 1.29 is 19.2 Å². The molecule has 1 saturated carbocycles. The standard InChI is InChI=1S/C21H35N5O4/c1-3-10-22-17(27)13-25-11-6-16(7-12-25)23-18(28)14-26-19(29)21(24-20(26)30)8-4-15(2)5-9-21/h15-16H,3-14H2,1-2H3,(H,22,27)(H,23,28)(H,24,30). The van der Waals surface area contributed by atoms with Crippen molar-refractivity contribution >= 4 is 23.8 Å². The molecule has 3 N–H and O–H groups in total. The molecule has 30 heavy (non-hydrogen) atoms. The molecule has 0 atom stereocenters. The van der Waals surface area contributed by atoms with Gasteiger partial charge in [0, 0.05) is 25.7 Å². The number of urea groups is 1. The van der Waals surface area contributed by atoms with Crippen molar-refractivity contribution in [3.8, 4) is 0 Å². The fourth-order valence-corrected chi connectivity index (χ4v) is 4.59. The molecule has 2 saturated heterocycles. The van der Waals surface area contributed by atoms with Crippen LogP contribution in [0.5, 0.6) is 0 Å². The second kappa shape index (κ2) is 9.76. The molecular weight excluding hydrogens is 386 g/mol. The van der Waals surface area contributed by atoms with Crippen LogP contribution < -0.4 is 16.0 Å². The predicted octanol–water partition coefficient (Wildman–Crippen LogP) is 0.594. The highest BCUT2D eigenvalue weighted by Gasteiger charge is 2.52. The van der Waals surface area contributed by atoms with Gasteiger partial charge in [-0.1, -0.05) is 13.8 Å². The van der Waals surface area contributed by atoms with Crippen molar-refractivity contribution in [2.24, 2.45) is 5.92 Å². The van der Waals surface area contributed by atoms with Crippen LogP contribution in [-0.4, -0.2) is 77.9 Å². The second-order valence-corrected chi connectivity index (χ2v) is 9.05. The summed E-state index contributed by atoms with van der Waals surface area (Å²) in [6, 6.07) is -0.463. The van der Waals surface area contributed by atoms with E-state index in [2.05, 4.69) is 27.8 Å². The molecule has 0 aromatic heterocycles. The Balaban J connectivity index is 1.42. The van der Waals surface area contributed by atoms with Gasteiger partial charge in [0.1, 0.15) is 12.1 Å². The van der Waals surface area contributed by atoms with E-state index in [0.29, 0.717) is 31.8 Å². The first-order valence-corrected chi connectivity index (χ1v) is 11.3. The van der Waals surface area contributed by atoms with E-state index < -0.39 is 11.6 Å². The van der Waals surface area contributed by atoms with Gasteiger partial charge < -0.3 is 16.0 Å². The van der Waals surface area contributed by atoms with Crippen LogP contribution in [0.2, 0.25) is 0 Å². The highest BCUT2D eigenvalue weighted by Crippen LogP contribution is 2.36. The molecule has 0 bridgehead atoms. The molecule has 5 amide bonds. The number of carbonyl (C=O) groups excluding carboxylic acids is 4. The van der Waals surface area contributed by atoms with Gasteiger partial charge >= 0.3 is 6.03 Å². The lowest BCUT2D eigenvalue weighted by Crippen LogP contribution is -2.51. The lowest BCUT2D eigenvalue weighted by Gasteiger charge is -2.33. The normalized spacial score (nSPS) is 27.9. The Morgan fingerprint density at radius 2 is 1.73 bits per heavy atom. The number of nitrogens with zero attached hydrogens (tertiary/aromatic N) is 2. The van der Waals surface area contributed by atoms with E-state index in [0.717, 1.165) is 50.1 Å². The molecule has 2 heterocycles. The molecule has 1 spiro atoms. The number of hydrogen-bond acceptors (Lipinski definition) is 5. The predicted molar refractivity (Wildman–Crippen MR) is 112 cm³/mol. The third-order valence-corrected chi connectivity index (χ3v) is 6.57. The van der Waals surface area contributed by atoms with Crippen LogP contribution in [0.25, 0.3) is 0 Å². The summed E-state index contributed by atoms with van der Waals surface area (Å²) < 4.78 is 0. The van der Waals surface area contributed by atoms with Crippen LogP contribution >= 0.6 is 0 Å². The van der Waals surface area contributed by atoms with E-state index in [4.69, 9.17) is 0 Å². The minimum Gasteiger partial charge on any atom is -0.355 e. The van der Waals surface area contributed by atoms with Crippen LogP contribution in [0.1, 0.15) is 58.8 Å². The van der Waals surface area contributed by atoms with Crippen LogP contribution in [0.4, 0.5) is 4.79 Å². The summed E-state index contributed by atoms with van der Waals surface area (Å²) in [5, 5.41) is 8.68.